The molecule has 6 nitrogen and oxygen atoms in total. The summed E-state index contributed by atoms with van der Waals surface area (Å²) in [6.45, 7) is 0. The first-order valence-electron chi connectivity index (χ1n) is 18.0. The fourth-order valence-electron chi connectivity index (χ4n) is 7.50. The fraction of sp³-hybridized carbons (Fsp3) is 0. The van der Waals surface area contributed by atoms with Gasteiger partial charge in [-0.15, -0.1) is 0 Å². The molecular formula is C48H32N6. The van der Waals surface area contributed by atoms with Gasteiger partial charge in [-0.2, -0.15) is 0 Å². The van der Waals surface area contributed by atoms with E-state index in [2.05, 4.69) is 153 Å². The van der Waals surface area contributed by atoms with Gasteiger partial charge in [0, 0.05) is 69.1 Å². The van der Waals surface area contributed by atoms with Crippen LogP contribution in [0, 0.1) is 0 Å². The van der Waals surface area contributed by atoms with Crippen LogP contribution in [0.3, 0.4) is 0 Å². The molecule has 0 unspecified atom stereocenters. The van der Waals surface area contributed by atoms with Crippen LogP contribution < -0.4 is 9.80 Å². The van der Waals surface area contributed by atoms with Gasteiger partial charge in [0.15, 0.2) is 0 Å². The molecule has 6 heteroatoms. The van der Waals surface area contributed by atoms with E-state index < -0.39 is 0 Å². The highest BCUT2D eigenvalue weighted by molar-refractivity contribution is 6.12. The van der Waals surface area contributed by atoms with Gasteiger partial charge < -0.3 is 9.80 Å². The second kappa shape index (κ2) is 13.3. The van der Waals surface area contributed by atoms with E-state index in [-0.39, 0.29) is 0 Å². The largest absolute Gasteiger partial charge is 0.310 e. The molecule has 0 bridgehead atoms. The van der Waals surface area contributed by atoms with E-state index in [1.54, 1.807) is 0 Å². The van der Waals surface area contributed by atoms with Crippen molar-refractivity contribution >= 4 is 77.7 Å². The summed E-state index contributed by atoms with van der Waals surface area (Å²) in [5, 5.41) is 4.18. The number of rotatable bonds is 7. The van der Waals surface area contributed by atoms with E-state index in [0.29, 0.717) is 0 Å². The summed E-state index contributed by atoms with van der Waals surface area (Å²) in [7, 11) is 0. The minimum Gasteiger partial charge on any atom is -0.310 e. The first-order valence-corrected chi connectivity index (χ1v) is 18.0. The van der Waals surface area contributed by atoms with Crippen molar-refractivity contribution in [3.8, 4) is 11.1 Å². The average Bonchev–Trinajstić information content (AvgIpc) is 3.25. The van der Waals surface area contributed by atoms with Crippen LogP contribution in [-0.4, -0.2) is 19.9 Å². The third-order valence-electron chi connectivity index (χ3n) is 9.97. The third-order valence-corrected chi connectivity index (χ3v) is 9.97. The van der Waals surface area contributed by atoms with Gasteiger partial charge in [0.05, 0.1) is 33.4 Å². The van der Waals surface area contributed by atoms with Gasteiger partial charge in [-0.3, -0.25) is 19.9 Å². The van der Waals surface area contributed by atoms with E-state index in [0.717, 1.165) is 88.9 Å². The highest BCUT2D eigenvalue weighted by Crippen LogP contribution is 2.43. The Morgan fingerprint density at radius 2 is 0.648 bits per heavy atom. The maximum Gasteiger partial charge on any atom is 0.0985 e. The van der Waals surface area contributed by atoms with E-state index in [4.69, 9.17) is 9.97 Å². The Hall–Kier alpha value is -7.44. The first kappa shape index (κ1) is 31.3. The van der Waals surface area contributed by atoms with Crippen LogP contribution in [0.2, 0.25) is 0 Å². The van der Waals surface area contributed by atoms with E-state index in [1.807, 2.05) is 61.2 Å². The van der Waals surface area contributed by atoms with Crippen LogP contribution in [0.5, 0.6) is 0 Å². The van der Waals surface area contributed by atoms with Crippen LogP contribution in [0.15, 0.2) is 195 Å². The van der Waals surface area contributed by atoms with E-state index in [1.165, 1.54) is 0 Å². The molecule has 0 fully saturated rings. The zero-order valence-electron chi connectivity index (χ0n) is 29.2. The van der Waals surface area contributed by atoms with Gasteiger partial charge in [-0.1, -0.05) is 72.8 Å². The molecule has 0 aliphatic rings. The molecule has 0 saturated carbocycles. The second-order valence-corrected chi connectivity index (χ2v) is 13.2. The minimum atomic E-state index is 0.886. The number of anilines is 6. The number of fused-ring (bicyclic) bond motifs is 6. The van der Waals surface area contributed by atoms with Crippen molar-refractivity contribution in [2.24, 2.45) is 0 Å². The molecule has 0 saturated heterocycles. The highest BCUT2D eigenvalue weighted by atomic mass is 15.2. The minimum absolute atomic E-state index is 0.886. The van der Waals surface area contributed by atoms with Crippen LogP contribution in [0.25, 0.3) is 54.7 Å². The lowest BCUT2D eigenvalue weighted by atomic mass is 10.0. The Kier molecular flexibility index (Phi) is 7.69. The molecule has 10 aromatic rings. The maximum absolute atomic E-state index is 4.78. The lowest BCUT2D eigenvalue weighted by molar-refractivity contribution is 1.29. The molecule has 0 atom stereocenters. The number of hydrogen-bond acceptors (Lipinski definition) is 6. The number of nitrogens with zero attached hydrogens (tertiary/aromatic N) is 6. The predicted molar refractivity (Wildman–Crippen MR) is 222 cm³/mol. The SMILES string of the molecule is c1ccc(N(c2ccc(-c3ccc(N(c4ccccc4)c4cc5cccnc5c5ncccc45)cc3)cc2)c2cc3cccnc3c3ncccc23)cc1. The van der Waals surface area contributed by atoms with Gasteiger partial charge in [-0.25, -0.2) is 0 Å². The van der Waals surface area contributed by atoms with Crippen molar-refractivity contribution in [2.45, 2.75) is 0 Å². The lowest BCUT2D eigenvalue weighted by Crippen LogP contribution is -2.11. The molecule has 54 heavy (non-hydrogen) atoms. The van der Waals surface area contributed by atoms with Crippen molar-refractivity contribution in [2.75, 3.05) is 9.80 Å². The van der Waals surface area contributed by atoms with Crippen LogP contribution in [0.1, 0.15) is 0 Å². The molecule has 254 valence electrons. The zero-order valence-corrected chi connectivity index (χ0v) is 29.2. The molecule has 0 radical (unpaired) electrons. The van der Waals surface area contributed by atoms with Gasteiger partial charge in [0.25, 0.3) is 0 Å². The molecule has 6 aromatic carbocycles. The number of benzene rings is 6. The summed E-state index contributed by atoms with van der Waals surface area (Å²) in [6, 6.07) is 59.4. The molecule has 0 N–H and O–H groups in total. The van der Waals surface area contributed by atoms with Crippen molar-refractivity contribution in [3.63, 3.8) is 0 Å². The standard InChI is InChI=1S/C48H32N6/c1-3-13-37(14-4-1)53(43-31-35-11-7-27-49-45(35)47-41(43)17-9-29-51-47)39-23-19-33(20-24-39)34-21-25-40(26-22-34)54(38-15-5-2-6-16-38)44-32-36-12-8-28-50-46(36)48-42(44)18-10-30-52-48/h1-32H. The molecule has 4 heterocycles. The Labute approximate surface area is 312 Å². The molecule has 0 spiro atoms. The number of hydrogen-bond donors (Lipinski definition) is 0. The van der Waals surface area contributed by atoms with Gasteiger partial charge >= 0.3 is 0 Å². The third kappa shape index (κ3) is 5.45. The quantitative estimate of drug-likeness (QED) is 0.155. The van der Waals surface area contributed by atoms with Crippen LogP contribution >= 0.6 is 0 Å². The molecule has 0 aliphatic heterocycles. The van der Waals surface area contributed by atoms with Gasteiger partial charge in [-0.05, 0) is 108 Å². The smallest absolute Gasteiger partial charge is 0.0985 e. The Morgan fingerprint density at radius 3 is 1.06 bits per heavy atom. The van der Waals surface area contributed by atoms with E-state index in [9.17, 15) is 0 Å². The Balaban J connectivity index is 1.05. The normalized spacial score (nSPS) is 11.3. The maximum atomic E-state index is 4.78. The zero-order chi connectivity index (χ0) is 35.8. The first-order chi connectivity index (χ1) is 26.8. The van der Waals surface area contributed by atoms with Crippen molar-refractivity contribution in [1.82, 2.24) is 19.9 Å². The van der Waals surface area contributed by atoms with Crippen LogP contribution in [0.4, 0.5) is 34.1 Å². The number of aromatic nitrogens is 4. The monoisotopic (exact) mass is 692 g/mol. The molecule has 0 amide bonds. The van der Waals surface area contributed by atoms with Crippen molar-refractivity contribution in [3.05, 3.63) is 195 Å². The topological polar surface area (TPSA) is 58.0 Å². The van der Waals surface area contributed by atoms with Gasteiger partial charge in [0.1, 0.15) is 0 Å². The molecule has 0 aliphatic carbocycles. The number of para-hydroxylation sites is 2. The summed E-state index contributed by atoms with van der Waals surface area (Å²) in [4.78, 5) is 23.5. The Morgan fingerprint density at radius 1 is 0.296 bits per heavy atom. The average molecular weight is 693 g/mol. The molecular weight excluding hydrogens is 661 g/mol. The summed E-state index contributed by atoms with van der Waals surface area (Å²) < 4.78 is 0. The fourth-order valence-corrected chi connectivity index (χ4v) is 7.50. The summed E-state index contributed by atoms with van der Waals surface area (Å²) in [5.41, 5.74) is 12.2. The highest BCUT2D eigenvalue weighted by Gasteiger charge is 2.20. The van der Waals surface area contributed by atoms with Crippen LogP contribution in [-0.2, 0) is 0 Å². The van der Waals surface area contributed by atoms with Crippen molar-refractivity contribution < 1.29 is 0 Å². The second-order valence-electron chi connectivity index (χ2n) is 13.2. The molecule has 10 rings (SSSR count). The lowest BCUT2D eigenvalue weighted by Gasteiger charge is -2.28. The Bertz CT molecular complexity index is 2730. The summed E-state index contributed by atoms with van der Waals surface area (Å²) >= 11 is 0. The summed E-state index contributed by atoms with van der Waals surface area (Å²) in [5.74, 6) is 0. The number of pyridine rings is 4. The predicted octanol–water partition coefficient (Wildman–Crippen LogP) is 12.5. The van der Waals surface area contributed by atoms with Gasteiger partial charge in [0.2, 0.25) is 0 Å². The summed E-state index contributed by atoms with van der Waals surface area (Å²) in [6.07, 6.45) is 7.34. The van der Waals surface area contributed by atoms with Crippen molar-refractivity contribution in [1.29, 1.82) is 0 Å². The van der Waals surface area contributed by atoms with E-state index >= 15 is 0 Å². The molecule has 4 aromatic heterocycles.